The highest BCUT2D eigenvalue weighted by molar-refractivity contribution is 9.10. The second-order valence-electron chi connectivity index (χ2n) is 2.47. The van der Waals surface area contributed by atoms with Gasteiger partial charge in [0.15, 0.2) is 5.58 Å². The van der Waals surface area contributed by atoms with Crippen LogP contribution in [0.25, 0.3) is 11.1 Å². The van der Waals surface area contributed by atoms with E-state index in [0.29, 0.717) is 15.9 Å². The molecule has 1 aromatic carbocycles. The monoisotopic (exact) mass is 263 g/mol. The number of aromatic nitrogens is 1. The van der Waals surface area contributed by atoms with Crippen molar-refractivity contribution in [2.45, 2.75) is 6.61 Å². The highest BCUT2D eigenvalue weighted by atomic mass is 79.9. The van der Waals surface area contributed by atoms with E-state index in [1.54, 1.807) is 6.07 Å². The van der Waals surface area contributed by atoms with Gasteiger partial charge in [-0.25, -0.2) is 4.98 Å². The summed E-state index contributed by atoms with van der Waals surface area (Å²) in [7, 11) is 0. The lowest BCUT2D eigenvalue weighted by Gasteiger charge is -2.02. The molecule has 1 heterocycles. The lowest BCUT2D eigenvalue weighted by molar-refractivity contribution is -0.0497. The minimum absolute atomic E-state index is 0.0520. The maximum atomic E-state index is 11.8. The third-order valence-corrected chi connectivity index (χ3v) is 1.90. The third-order valence-electron chi connectivity index (χ3n) is 1.56. The zero-order chi connectivity index (χ0) is 10.1. The Morgan fingerprint density at radius 1 is 1.43 bits per heavy atom. The van der Waals surface area contributed by atoms with E-state index in [1.807, 2.05) is 0 Å². The van der Waals surface area contributed by atoms with Crippen molar-refractivity contribution in [3.8, 4) is 5.75 Å². The molecule has 14 heavy (non-hydrogen) atoms. The predicted molar refractivity (Wildman–Crippen MR) is 48.3 cm³/mol. The number of nitrogens with zero attached hydrogens (tertiary/aromatic N) is 1. The van der Waals surface area contributed by atoms with Crippen LogP contribution in [-0.2, 0) is 0 Å². The van der Waals surface area contributed by atoms with E-state index in [9.17, 15) is 8.78 Å². The largest absolute Gasteiger partial charge is 0.435 e. The molecule has 74 valence electrons. The molecule has 2 aromatic rings. The summed E-state index contributed by atoms with van der Waals surface area (Å²) < 4.78 is 33.0. The SMILES string of the molecule is FC(F)Oc1ccc2nc(Br)oc2c1. The van der Waals surface area contributed by atoms with E-state index < -0.39 is 6.61 Å². The zero-order valence-corrected chi connectivity index (χ0v) is 8.29. The number of hydrogen-bond acceptors (Lipinski definition) is 3. The Kier molecular flexibility index (Phi) is 2.37. The fraction of sp³-hybridized carbons (Fsp3) is 0.125. The molecule has 0 saturated carbocycles. The molecule has 2 rings (SSSR count). The van der Waals surface area contributed by atoms with Crippen molar-refractivity contribution in [2.75, 3.05) is 0 Å². The topological polar surface area (TPSA) is 35.3 Å². The molecule has 0 amide bonds. The van der Waals surface area contributed by atoms with Gasteiger partial charge < -0.3 is 9.15 Å². The molecule has 1 aromatic heterocycles. The fourth-order valence-corrected chi connectivity index (χ4v) is 1.42. The maximum Gasteiger partial charge on any atom is 0.387 e. The van der Waals surface area contributed by atoms with Crippen LogP contribution in [0.3, 0.4) is 0 Å². The number of benzene rings is 1. The van der Waals surface area contributed by atoms with Gasteiger partial charge in [0.05, 0.1) is 0 Å². The molecule has 3 nitrogen and oxygen atoms in total. The van der Waals surface area contributed by atoms with E-state index in [4.69, 9.17) is 4.42 Å². The van der Waals surface area contributed by atoms with Gasteiger partial charge in [0.1, 0.15) is 11.3 Å². The van der Waals surface area contributed by atoms with E-state index in [2.05, 4.69) is 25.7 Å². The van der Waals surface area contributed by atoms with Crippen molar-refractivity contribution >= 4 is 27.0 Å². The van der Waals surface area contributed by atoms with Crippen molar-refractivity contribution in [1.29, 1.82) is 0 Å². The van der Waals surface area contributed by atoms with Crippen LogP contribution < -0.4 is 4.74 Å². The molecule has 0 aliphatic carbocycles. The molecule has 0 N–H and O–H groups in total. The molecule has 0 spiro atoms. The van der Waals surface area contributed by atoms with Crippen LogP contribution in [0.2, 0.25) is 0 Å². The summed E-state index contributed by atoms with van der Waals surface area (Å²) in [4.78, 5) is 4.25. The number of alkyl halides is 2. The number of fused-ring (bicyclic) bond motifs is 1. The van der Waals surface area contributed by atoms with Gasteiger partial charge in [-0.1, -0.05) is 0 Å². The van der Waals surface area contributed by atoms with Crippen LogP contribution in [0.1, 0.15) is 0 Å². The third kappa shape index (κ3) is 1.84. The number of hydrogen-bond donors (Lipinski definition) is 0. The highest BCUT2D eigenvalue weighted by Crippen LogP contribution is 2.24. The molecule has 0 aliphatic rings. The molecule has 0 aliphatic heterocycles. The summed E-state index contributed by atoms with van der Waals surface area (Å²) in [5.41, 5.74) is 0.980. The summed E-state index contributed by atoms with van der Waals surface area (Å²) in [6.07, 6.45) is 0. The molecular weight excluding hydrogens is 260 g/mol. The van der Waals surface area contributed by atoms with Crippen LogP contribution in [0.4, 0.5) is 8.78 Å². The lowest BCUT2D eigenvalue weighted by atomic mass is 10.3. The highest BCUT2D eigenvalue weighted by Gasteiger charge is 2.08. The number of rotatable bonds is 2. The Morgan fingerprint density at radius 2 is 2.21 bits per heavy atom. The van der Waals surface area contributed by atoms with Gasteiger partial charge in [0.2, 0.25) is 0 Å². The zero-order valence-electron chi connectivity index (χ0n) is 6.71. The van der Waals surface area contributed by atoms with Gasteiger partial charge in [0, 0.05) is 22.0 Å². The van der Waals surface area contributed by atoms with Crippen LogP contribution in [-0.4, -0.2) is 11.6 Å². The molecule has 0 saturated heterocycles. The standard InChI is InChI=1S/C8H4BrF2NO2/c9-7-12-5-2-1-4(13-8(10)11)3-6(5)14-7/h1-3,8H. The quantitative estimate of drug-likeness (QED) is 0.835. The Labute approximate surface area is 85.8 Å². The van der Waals surface area contributed by atoms with Gasteiger partial charge in [-0.05, 0) is 12.1 Å². The summed E-state index contributed by atoms with van der Waals surface area (Å²) in [5.74, 6) is 0.0520. The summed E-state index contributed by atoms with van der Waals surface area (Å²) in [6.45, 7) is -2.83. The molecule has 6 heteroatoms. The van der Waals surface area contributed by atoms with Crippen molar-refractivity contribution in [2.24, 2.45) is 0 Å². The van der Waals surface area contributed by atoms with Crippen molar-refractivity contribution in [3.05, 3.63) is 23.0 Å². The van der Waals surface area contributed by atoms with E-state index in [1.165, 1.54) is 12.1 Å². The molecule has 0 atom stereocenters. The Balaban J connectivity index is 2.40. The molecule has 0 fully saturated rings. The number of halogens is 3. The first-order chi connectivity index (χ1) is 6.65. The minimum Gasteiger partial charge on any atom is -0.435 e. The van der Waals surface area contributed by atoms with Crippen LogP contribution in [0.5, 0.6) is 5.75 Å². The maximum absolute atomic E-state index is 11.8. The summed E-state index contributed by atoms with van der Waals surface area (Å²) >= 11 is 3.03. The van der Waals surface area contributed by atoms with Crippen LogP contribution in [0.15, 0.2) is 27.4 Å². The van der Waals surface area contributed by atoms with Crippen LogP contribution >= 0.6 is 15.9 Å². The van der Waals surface area contributed by atoms with E-state index >= 15 is 0 Å². The van der Waals surface area contributed by atoms with Gasteiger partial charge in [0.25, 0.3) is 4.80 Å². The normalized spacial score (nSPS) is 11.1. The smallest absolute Gasteiger partial charge is 0.387 e. The lowest BCUT2D eigenvalue weighted by Crippen LogP contribution is -2.01. The molecule has 0 unspecified atom stereocenters. The summed E-state index contributed by atoms with van der Waals surface area (Å²) in [6, 6.07) is 4.31. The van der Waals surface area contributed by atoms with Gasteiger partial charge in [-0.3, -0.25) is 0 Å². The molecule has 0 radical (unpaired) electrons. The average Bonchev–Trinajstić information content (AvgIpc) is 2.42. The second-order valence-corrected chi connectivity index (χ2v) is 3.15. The predicted octanol–water partition coefficient (Wildman–Crippen LogP) is 3.19. The number of oxazole rings is 1. The second kappa shape index (κ2) is 3.53. The van der Waals surface area contributed by atoms with Gasteiger partial charge in [-0.2, -0.15) is 8.78 Å². The Hall–Kier alpha value is -1.17. The van der Waals surface area contributed by atoms with Crippen LogP contribution in [0, 0.1) is 0 Å². The minimum atomic E-state index is -2.83. The average molecular weight is 264 g/mol. The molecular formula is C8H4BrF2NO2. The first-order valence-electron chi connectivity index (χ1n) is 3.66. The fourth-order valence-electron chi connectivity index (χ4n) is 1.05. The first kappa shape index (κ1) is 9.39. The van der Waals surface area contributed by atoms with Gasteiger partial charge >= 0.3 is 6.61 Å². The Bertz CT molecular complexity index is 458. The van der Waals surface area contributed by atoms with Gasteiger partial charge in [-0.15, -0.1) is 0 Å². The van der Waals surface area contributed by atoms with E-state index in [-0.39, 0.29) is 5.75 Å². The first-order valence-corrected chi connectivity index (χ1v) is 4.45. The summed E-state index contributed by atoms with van der Waals surface area (Å²) in [5, 5.41) is 0. The van der Waals surface area contributed by atoms with E-state index in [0.717, 1.165) is 0 Å². The number of ether oxygens (including phenoxy) is 1. The Morgan fingerprint density at radius 3 is 2.93 bits per heavy atom. The van der Waals surface area contributed by atoms with Crippen molar-refractivity contribution < 1.29 is 17.9 Å². The van der Waals surface area contributed by atoms with Crippen molar-refractivity contribution in [3.63, 3.8) is 0 Å². The molecule has 0 bridgehead atoms. The van der Waals surface area contributed by atoms with Crippen molar-refractivity contribution in [1.82, 2.24) is 4.98 Å².